The van der Waals surface area contributed by atoms with Crippen LogP contribution in [0.3, 0.4) is 0 Å². The van der Waals surface area contributed by atoms with Crippen molar-refractivity contribution >= 4 is 92.4 Å². The van der Waals surface area contributed by atoms with Gasteiger partial charge in [-0.1, -0.05) is 30.3 Å². The van der Waals surface area contributed by atoms with Crippen LogP contribution in [-0.2, 0) is 39.9 Å². The Hall–Kier alpha value is -4.43. The topological polar surface area (TPSA) is 240 Å². The molecule has 0 spiro atoms. The SMILES string of the molecule is C[C@H](Cl)C(=O)Oc1cccc(/C=N\NC(=O)COc2cc(S(=O)(=O)O)c3ccc4c(S(=O)(=O)O)cc(S(=O)(=O)O)c5ccc2c3c54)c1. The van der Waals surface area contributed by atoms with Gasteiger partial charge in [-0.15, -0.1) is 11.6 Å². The van der Waals surface area contributed by atoms with E-state index in [9.17, 15) is 48.5 Å². The second-order valence-electron chi connectivity index (χ2n) is 9.93. The van der Waals surface area contributed by atoms with E-state index in [1.54, 1.807) is 12.1 Å². The lowest BCUT2D eigenvalue weighted by Crippen LogP contribution is -2.24. The summed E-state index contributed by atoms with van der Waals surface area (Å²) in [5, 5.41) is 1.96. The average Bonchev–Trinajstić information content (AvgIpc) is 2.97. The van der Waals surface area contributed by atoms with Crippen molar-refractivity contribution in [3.05, 3.63) is 66.2 Å². The first kappa shape index (κ1) is 33.9. The summed E-state index contributed by atoms with van der Waals surface area (Å²) in [4.78, 5) is 21.7. The highest BCUT2D eigenvalue weighted by molar-refractivity contribution is 7.87. The largest absolute Gasteiger partial charge is 0.483 e. The number of rotatable bonds is 10. The van der Waals surface area contributed by atoms with Crippen molar-refractivity contribution in [1.29, 1.82) is 0 Å². The van der Waals surface area contributed by atoms with Crippen molar-refractivity contribution < 1.29 is 58.0 Å². The standard InChI is InChI=1S/C28H21ClN2O13S3/c1-14(29)28(33)44-16-4-2-3-15(9-16)12-30-31-25(32)13-43-21-10-22(45(34,35)36)18-7-8-20-24(47(40,41)42)11-23(46(37,38)39)19-6-5-17(21)26(18)27(19)20/h2-12,14H,13H2,1H3,(H,31,32)(H,34,35,36)(H,37,38,39)(H,40,41,42)/b30-12-/t14-/m0/s1. The van der Waals surface area contributed by atoms with Gasteiger partial charge in [0, 0.05) is 38.4 Å². The minimum Gasteiger partial charge on any atom is -0.483 e. The van der Waals surface area contributed by atoms with Gasteiger partial charge in [0.1, 0.15) is 31.6 Å². The fraction of sp³-hybridized carbons (Fsp3) is 0.107. The highest BCUT2D eigenvalue weighted by Crippen LogP contribution is 2.45. The van der Waals surface area contributed by atoms with E-state index in [-0.39, 0.29) is 43.8 Å². The Morgan fingerprint density at radius 3 is 1.85 bits per heavy atom. The lowest BCUT2D eigenvalue weighted by Gasteiger charge is -2.18. The molecule has 4 N–H and O–H groups in total. The van der Waals surface area contributed by atoms with Gasteiger partial charge in [0.25, 0.3) is 36.3 Å². The van der Waals surface area contributed by atoms with E-state index in [4.69, 9.17) is 21.1 Å². The third-order valence-electron chi connectivity index (χ3n) is 6.74. The van der Waals surface area contributed by atoms with Crippen LogP contribution in [0, 0.1) is 0 Å². The maximum Gasteiger partial charge on any atom is 0.329 e. The van der Waals surface area contributed by atoms with E-state index in [0.29, 0.717) is 11.6 Å². The zero-order valence-electron chi connectivity index (χ0n) is 23.6. The molecule has 0 fully saturated rings. The van der Waals surface area contributed by atoms with Crippen LogP contribution in [0.4, 0.5) is 0 Å². The zero-order chi connectivity index (χ0) is 34.5. The number of benzene rings is 5. The molecule has 1 amide bonds. The monoisotopic (exact) mass is 724 g/mol. The first-order valence-electron chi connectivity index (χ1n) is 13.0. The Morgan fingerprint density at radius 2 is 1.32 bits per heavy atom. The molecule has 47 heavy (non-hydrogen) atoms. The minimum atomic E-state index is -5.09. The van der Waals surface area contributed by atoms with Crippen LogP contribution in [0.2, 0.25) is 0 Å². The summed E-state index contributed by atoms with van der Waals surface area (Å²) in [7, 11) is -15.2. The highest BCUT2D eigenvalue weighted by atomic mass is 35.5. The van der Waals surface area contributed by atoms with Gasteiger partial charge in [-0.25, -0.2) is 5.43 Å². The van der Waals surface area contributed by atoms with Gasteiger partial charge in [-0.3, -0.25) is 23.2 Å². The van der Waals surface area contributed by atoms with Crippen molar-refractivity contribution in [3.8, 4) is 11.5 Å². The molecule has 0 saturated heterocycles. The molecular weight excluding hydrogens is 704 g/mol. The van der Waals surface area contributed by atoms with Gasteiger partial charge in [-0.2, -0.15) is 30.4 Å². The summed E-state index contributed by atoms with van der Waals surface area (Å²) in [5.74, 6) is -1.63. The molecular formula is C28H21ClN2O13S3. The van der Waals surface area contributed by atoms with Gasteiger partial charge in [-0.05, 0) is 36.8 Å². The van der Waals surface area contributed by atoms with Crippen LogP contribution >= 0.6 is 11.6 Å². The van der Waals surface area contributed by atoms with E-state index in [1.807, 2.05) is 0 Å². The van der Waals surface area contributed by atoms with Crippen molar-refractivity contribution in [3.63, 3.8) is 0 Å². The minimum absolute atomic E-state index is 0.0493. The van der Waals surface area contributed by atoms with Crippen LogP contribution in [0.5, 0.6) is 11.5 Å². The first-order chi connectivity index (χ1) is 21.9. The molecule has 0 aliphatic heterocycles. The van der Waals surface area contributed by atoms with Crippen LogP contribution in [0.25, 0.3) is 32.3 Å². The number of hydrazone groups is 1. The van der Waals surface area contributed by atoms with Crippen molar-refractivity contribution in [2.75, 3.05) is 6.61 Å². The second-order valence-corrected chi connectivity index (χ2v) is 14.8. The molecule has 0 heterocycles. The number of ether oxygens (including phenoxy) is 2. The second kappa shape index (κ2) is 12.3. The van der Waals surface area contributed by atoms with E-state index >= 15 is 0 Å². The van der Waals surface area contributed by atoms with E-state index in [0.717, 1.165) is 18.2 Å². The van der Waals surface area contributed by atoms with Gasteiger partial charge in [0.15, 0.2) is 6.61 Å². The summed E-state index contributed by atoms with van der Waals surface area (Å²) in [5.41, 5.74) is 2.62. The highest BCUT2D eigenvalue weighted by Gasteiger charge is 2.28. The molecule has 15 nitrogen and oxygen atoms in total. The molecule has 5 rings (SSSR count). The summed E-state index contributed by atoms with van der Waals surface area (Å²) < 4.78 is 114. The Labute approximate surface area is 271 Å². The smallest absolute Gasteiger partial charge is 0.329 e. The van der Waals surface area contributed by atoms with Gasteiger partial charge < -0.3 is 9.47 Å². The Balaban J connectivity index is 1.53. The lowest BCUT2D eigenvalue weighted by molar-refractivity contribution is -0.133. The normalized spacial score (nSPS) is 13.4. The summed E-state index contributed by atoms with van der Waals surface area (Å²) >= 11 is 5.69. The summed E-state index contributed by atoms with van der Waals surface area (Å²) in [6, 6.07) is 12.3. The van der Waals surface area contributed by atoms with Crippen molar-refractivity contribution in [1.82, 2.24) is 5.43 Å². The molecule has 5 aromatic rings. The number of hydrogen-bond donors (Lipinski definition) is 4. The molecule has 0 saturated carbocycles. The molecule has 19 heteroatoms. The third kappa shape index (κ3) is 6.98. The number of esters is 1. The van der Waals surface area contributed by atoms with E-state index < -0.39 is 68.9 Å². The van der Waals surface area contributed by atoms with Crippen molar-refractivity contribution in [2.24, 2.45) is 5.10 Å². The number of hydrogen-bond acceptors (Lipinski definition) is 11. The number of carbonyl (C=O) groups is 2. The molecule has 0 bridgehead atoms. The van der Waals surface area contributed by atoms with Crippen molar-refractivity contribution in [2.45, 2.75) is 27.0 Å². The maximum absolute atomic E-state index is 12.6. The number of alkyl halides is 1. The van der Waals surface area contributed by atoms with Gasteiger partial charge in [0.2, 0.25) is 0 Å². The molecule has 0 unspecified atom stereocenters. The fourth-order valence-electron chi connectivity index (χ4n) is 4.84. The van der Waals surface area contributed by atoms with E-state index in [2.05, 4.69) is 10.5 Å². The van der Waals surface area contributed by atoms with Crippen LogP contribution in [0.1, 0.15) is 12.5 Å². The Morgan fingerprint density at radius 1 is 0.809 bits per heavy atom. The molecule has 0 aromatic heterocycles. The number of nitrogens with zero attached hydrogens (tertiary/aromatic N) is 1. The molecule has 1 atom stereocenters. The number of amides is 1. The maximum atomic E-state index is 12.6. The van der Waals surface area contributed by atoms with Crippen LogP contribution < -0.4 is 14.9 Å². The molecule has 246 valence electrons. The first-order valence-corrected chi connectivity index (χ1v) is 17.7. The molecule has 5 aromatic carbocycles. The predicted molar refractivity (Wildman–Crippen MR) is 168 cm³/mol. The predicted octanol–water partition coefficient (Wildman–Crippen LogP) is 3.39. The number of carbonyl (C=O) groups excluding carboxylic acids is 2. The van der Waals surface area contributed by atoms with Gasteiger partial charge in [0.05, 0.1) is 6.21 Å². The average molecular weight is 725 g/mol. The Bertz CT molecular complexity index is 2410. The van der Waals surface area contributed by atoms with Gasteiger partial charge >= 0.3 is 5.97 Å². The van der Waals surface area contributed by atoms with E-state index in [1.165, 1.54) is 37.4 Å². The summed E-state index contributed by atoms with van der Waals surface area (Å²) in [6.45, 7) is 0.683. The summed E-state index contributed by atoms with van der Waals surface area (Å²) in [6.07, 6.45) is 1.23. The molecule has 0 aliphatic rings. The molecule has 0 radical (unpaired) electrons. The lowest BCUT2D eigenvalue weighted by atomic mass is 9.93. The Kier molecular flexibility index (Phi) is 8.88. The number of halogens is 1. The molecule has 0 aliphatic carbocycles. The zero-order valence-corrected chi connectivity index (χ0v) is 26.8. The fourth-order valence-corrected chi connectivity index (χ4v) is 7.09. The quantitative estimate of drug-likeness (QED) is 0.0308. The number of nitrogens with one attached hydrogen (secondary N) is 1. The third-order valence-corrected chi connectivity index (χ3v) is 9.60. The van der Waals surface area contributed by atoms with Crippen LogP contribution in [-0.4, -0.2) is 69.0 Å². The van der Waals surface area contributed by atoms with Crippen LogP contribution in [0.15, 0.2) is 80.5 Å².